The number of hydrogen-bond acceptors (Lipinski definition) is 1. The van der Waals surface area contributed by atoms with Crippen LogP contribution in [0.25, 0.3) is 0 Å². The molecule has 0 saturated heterocycles. The first-order valence-corrected chi connectivity index (χ1v) is 7.75. The van der Waals surface area contributed by atoms with Gasteiger partial charge in [-0.15, -0.1) is 0 Å². The van der Waals surface area contributed by atoms with E-state index in [4.69, 9.17) is 45.9 Å². The van der Waals surface area contributed by atoms with E-state index >= 15 is 0 Å². The zero-order chi connectivity index (χ0) is 8.48. The van der Waals surface area contributed by atoms with Gasteiger partial charge >= 0.3 is 0 Å². The van der Waals surface area contributed by atoms with Crippen molar-refractivity contribution in [3.8, 4) is 0 Å². The van der Waals surface area contributed by atoms with Crippen molar-refractivity contribution in [3.05, 3.63) is 29.3 Å². The molecular weight excluding hydrogens is 241 g/mol. The van der Waals surface area contributed by atoms with E-state index in [9.17, 15) is 0 Å². The van der Waals surface area contributed by atoms with Crippen LogP contribution in [-0.2, 0) is 11.8 Å². The molecule has 0 amide bonds. The molecule has 0 nitrogen and oxygen atoms in total. The Morgan fingerprint density at radius 1 is 1.18 bits per heavy atom. The molecule has 0 fully saturated rings. The second-order valence-corrected chi connectivity index (χ2v) is 10.1. The quantitative estimate of drug-likeness (QED) is 0.679. The van der Waals surface area contributed by atoms with Crippen LogP contribution in [-0.4, -0.2) is 0 Å². The zero-order valence-electron chi connectivity index (χ0n) is 5.30. The fourth-order valence-corrected chi connectivity index (χ4v) is 3.53. The molecule has 5 heteroatoms. The molecule has 0 bridgehead atoms. The van der Waals surface area contributed by atoms with Crippen LogP contribution in [0.2, 0.25) is 5.02 Å². The molecule has 0 unspecified atom stereocenters. The monoisotopic (exact) mass is 244 g/mol. The van der Waals surface area contributed by atoms with Crippen molar-refractivity contribution in [1.82, 2.24) is 0 Å². The molecule has 0 aliphatic heterocycles. The Balaban J connectivity index is 3.25. The summed E-state index contributed by atoms with van der Waals surface area (Å²) in [6.07, 6.45) is 0. The van der Waals surface area contributed by atoms with Gasteiger partial charge < -0.3 is 0 Å². The van der Waals surface area contributed by atoms with E-state index in [1.165, 1.54) is 0 Å². The Hall–Kier alpha value is 0.740. The van der Waals surface area contributed by atoms with Crippen molar-refractivity contribution in [3.63, 3.8) is 0 Å². The van der Waals surface area contributed by atoms with Crippen LogP contribution in [0.15, 0.2) is 24.3 Å². The predicted molar refractivity (Wildman–Crippen MR) is 57.1 cm³/mol. The van der Waals surface area contributed by atoms with Crippen LogP contribution in [0, 0.1) is 0 Å². The van der Waals surface area contributed by atoms with E-state index in [2.05, 4.69) is 0 Å². The lowest BCUT2D eigenvalue weighted by Crippen LogP contribution is -1.97. The maximum Gasteiger partial charge on any atom is 0.148 e. The fraction of sp³-hybridized carbons (Fsp3) is 0. The normalized spacial score (nSPS) is 11.5. The van der Waals surface area contributed by atoms with Gasteiger partial charge in [0.1, 0.15) is 4.74 Å². The second kappa shape index (κ2) is 3.64. The van der Waals surface area contributed by atoms with Gasteiger partial charge in [0.2, 0.25) is 0 Å². The minimum absolute atomic E-state index is 0.542. The molecule has 0 aliphatic carbocycles. The van der Waals surface area contributed by atoms with Gasteiger partial charge in [0.05, 0.1) is 5.02 Å². The third-order valence-corrected chi connectivity index (χ3v) is 4.23. The van der Waals surface area contributed by atoms with Crippen LogP contribution in [0.3, 0.4) is 0 Å². The van der Waals surface area contributed by atoms with Gasteiger partial charge in [-0.1, -0.05) is 58.0 Å². The highest BCUT2D eigenvalue weighted by Crippen LogP contribution is 2.56. The van der Waals surface area contributed by atoms with Crippen LogP contribution >= 0.6 is 38.8 Å². The standard InChI is InChI=1S/C6H4Cl3PS/c7-5-3-1-2-4-6(5)10(8,9)11/h1-4H. The summed E-state index contributed by atoms with van der Waals surface area (Å²) in [5.74, 6) is 0. The molecule has 0 aromatic heterocycles. The minimum atomic E-state index is -2.41. The predicted octanol–water partition coefficient (Wildman–Crippen LogP) is 3.75. The van der Waals surface area contributed by atoms with Gasteiger partial charge in [-0.05, 0) is 12.1 Å². The first kappa shape index (κ1) is 9.83. The van der Waals surface area contributed by atoms with Crippen molar-refractivity contribution >= 4 is 55.9 Å². The number of benzene rings is 1. The molecule has 1 rings (SSSR count). The molecule has 0 radical (unpaired) electrons. The van der Waals surface area contributed by atoms with E-state index in [1.807, 2.05) is 12.1 Å². The molecule has 0 saturated carbocycles. The third kappa shape index (κ3) is 2.61. The summed E-state index contributed by atoms with van der Waals surface area (Å²) in [5.41, 5.74) is 0. The van der Waals surface area contributed by atoms with Crippen molar-refractivity contribution in [2.45, 2.75) is 0 Å². The lowest BCUT2D eigenvalue weighted by molar-refractivity contribution is 1.77. The molecule has 1 aromatic rings. The summed E-state index contributed by atoms with van der Waals surface area (Å²) in [6.45, 7) is 0. The first-order chi connectivity index (χ1) is 5.02. The maximum atomic E-state index is 5.80. The maximum absolute atomic E-state index is 5.80. The lowest BCUT2D eigenvalue weighted by atomic mass is 10.4. The number of hydrogen-bond donors (Lipinski definition) is 0. The molecule has 0 atom stereocenters. The highest BCUT2D eigenvalue weighted by atomic mass is 35.9. The third-order valence-electron chi connectivity index (χ3n) is 1.13. The topological polar surface area (TPSA) is 0 Å². The molecular formula is C6H4Cl3PS. The Morgan fingerprint density at radius 2 is 1.73 bits per heavy atom. The highest BCUT2D eigenvalue weighted by molar-refractivity contribution is 8.42. The van der Waals surface area contributed by atoms with E-state index in [-0.39, 0.29) is 0 Å². The Labute approximate surface area is 85.0 Å². The van der Waals surface area contributed by atoms with Crippen molar-refractivity contribution in [2.75, 3.05) is 0 Å². The Kier molecular flexibility index (Phi) is 3.25. The van der Waals surface area contributed by atoms with Crippen LogP contribution in [0.4, 0.5) is 0 Å². The minimum Gasteiger partial charge on any atom is -0.0835 e. The molecule has 0 spiro atoms. The fourth-order valence-electron chi connectivity index (χ4n) is 0.663. The summed E-state index contributed by atoms with van der Waals surface area (Å²) in [4.78, 5) is 0. The molecule has 0 N–H and O–H groups in total. The van der Waals surface area contributed by atoms with Gasteiger partial charge in [-0.25, -0.2) is 0 Å². The average Bonchev–Trinajstić information content (AvgIpc) is 1.86. The SMILES string of the molecule is S=P(Cl)(Cl)c1ccccc1Cl. The number of halogens is 3. The van der Waals surface area contributed by atoms with Crippen molar-refractivity contribution in [2.24, 2.45) is 0 Å². The summed E-state index contributed by atoms with van der Waals surface area (Å²) < 4.78 is -2.41. The van der Waals surface area contributed by atoms with Crippen molar-refractivity contribution < 1.29 is 0 Å². The summed E-state index contributed by atoms with van der Waals surface area (Å²) >= 11 is 22.2. The number of rotatable bonds is 1. The summed E-state index contributed by atoms with van der Waals surface area (Å²) in [7, 11) is 0. The second-order valence-electron chi connectivity index (χ2n) is 1.91. The zero-order valence-corrected chi connectivity index (χ0v) is 9.28. The molecule has 11 heavy (non-hydrogen) atoms. The molecule has 1 aromatic carbocycles. The molecule has 0 aliphatic rings. The highest BCUT2D eigenvalue weighted by Gasteiger charge is 2.14. The first-order valence-electron chi connectivity index (χ1n) is 2.76. The van der Waals surface area contributed by atoms with Gasteiger partial charge in [0.25, 0.3) is 0 Å². The van der Waals surface area contributed by atoms with Gasteiger partial charge in [0, 0.05) is 5.30 Å². The van der Waals surface area contributed by atoms with E-state index in [1.54, 1.807) is 12.1 Å². The van der Waals surface area contributed by atoms with Gasteiger partial charge in [0.15, 0.2) is 0 Å². The lowest BCUT2D eigenvalue weighted by Gasteiger charge is -2.06. The van der Waals surface area contributed by atoms with Crippen LogP contribution in [0.1, 0.15) is 0 Å². The average molecular weight is 245 g/mol. The molecule has 60 valence electrons. The Bertz CT molecular complexity index is 306. The summed E-state index contributed by atoms with van der Waals surface area (Å²) in [5, 5.41) is 1.21. The smallest absolute Gasteiger partial charge is 0.0835 e. The van der Waals surface area contributed by atoms with Gasteiger partial charge in [-0.2, -0.15) is 0 Å². The van der Waals surface area contributed by atoms with E-state index in [0.29, 0.717) is 10.3 Å². The Morgan fingerprint density at radius 3 is 2.09 bits per heavy atom. The van der Waals surface area contributed by atoms with Crippen LogP contribution in [0.5, 0.6) is 0 Å². The van der Waals surface area contributed by atoms with E-state index < -0.39 is 4.74 Å². The van der Waals surface area contributed by atoms with Crippen molar-refractivity contribution in [1.29, 1.82) is 0 Å². The van der Waals surface area contributed by atoms with E-state index in [0.717, 1.165) is 0 Å². The molecule has 0 heterocycles. The summed E-state index contributed by atoms with van der Waals surface area (Å²) in [6, 6.07) is 7.10. The van der Waals surface area contributed by atoms with Crippen LogP contribution < -0.4 is 5.30 Å². The largest absolute Gasteiger partial charge is 0.148 e. The van der Waals surface area contributed by atoms with Gasteiger partial charge in [-0.3, -0.25) is 0 Å².